The number of carbonyl (C=O) groups excluding carboxylic acids is 2. The molecule has 1 aromatic rings. The largest absolute Gasteiger partial charge is 0.354 e. The third-order valence-electron chi connectivity index (χ3n) is 4.83. The Morgan fingerprint density at radius 1 is 1.08 bits per heavy atom. The van der Waals surface area contributed by atoms with Gasteiger partial charge in [0.05, 0.1) is 0 Å². The fourth-order valence-corrected chi connectivity index (χ4v) is 3.47. The van der Waals surface area contributed by atoms with Gasteiger partial charge in [0.1, 0.15) is 0 Å². The zero-order valence-corrected chi connectivity index (χ0v) is 14.8. The minimum atomic E-state index is 0.0585. The van der Waals surface area contributed by atoms with E-state index >= 15 is 0 Å². The van der Waals surface area contributed by atoms with Crippen molar-refractivity contribution in [3.05, 3.63) is 35.9 Å². The SMILES string of the molecule is CC(=O)N(CCNC(=O)CCc1ccccc1)C1CCCCCC1. The Balaban J connectivity index is 1.71. The van der Waals surface area contributed by atoms with Crippen molar-refractivity contribution >= 4 is 11.8 Å². The molecule has 1 saturated carbocycles. The average molecular weight is 330 g/mol. The molecule has 4 nitrogen and oxygen atoms in total. The van der Waals surface area contributed by atoms with Crippen molar-refractivity contribution < 1.29 is 9.59 Å². The van der Waals surface area contributed by atoms with Gasteiger partial charge in [-0.15, -0.1) is 0 Å². The van der Waals surface area contributed by atoms with Gasteiger partial charge in [-0.25, -0.2) is 0 Å². The molecule has 1 N–H and O–H groups in total. The van der Waals surface area contributed by atoms with Gasteiger partial charge in [-0.2, -0.15) is 0 Å². The summed E-state index contributed by atoms with van der Waals surface area (Å²) in [6.45, 7) is 2.81. The number of rotatable bonds is 7. The van der Waals surface area contributed by atoms with E-state index in [2.05, 4.69) is 5.32 Å². The molecule has 0 aromatic heterocycles. The fraction of sp³-hybridized carbons (Fsp3) is 0.600. The van der Waals surface area contributed by atoms with Crippen molar-refractivity contribution in [1.29, 1.82) is 0 Å². The van der Waals surface area contributed by atoms with Crippen LogP contribution in [0.25, 0.3) is 0 Å². The van der Waals surface area contributed by atoms with Gasteiger partial charge >= 0.3 is 0 Å². The van der Waals surface area contributed by atoms with Crippen LogP contribution in [0.3, 0.4) is 0 Å². The van der Waals surface area contributed by atoms with E-state index in [1.165, 1.54) is 31.2 Å². The number of nitrogens with one attached hydrogen (secondary N) is 1. The highest BCUT2D eigenvalue weighted by atomic mass is 16.2. The maximum Gasteiger partial charge on any atom is 0.220 e. The highest BCUT2D eigenvalue weighted by Crippen LogP contribution is 2.21. The van der Waals surface area contributed by atoms with Crippen LogP contribution in [0.4, 0.5) is 0 Å². The van der Waals surface area contributed by atoms with Gasteiger partial charge in [0.25, 0.3) is 0 Å². The number of hydrogen-bond donors (Lipinski definition) is 1. The molecule has 0 atom stereocenters. The molecule has 1 aliphatic rings. The molecule has 1 aromatic carbocycles. The summed E-state index contributed by atoms with van der Waals surface area (Å²) in [5, 5.41) is 2.96. The van der Waals surface area contributed by atoms with Crippen molar-refractivity contribution in [2.75, 3.05) is 13.1 Å². The van der Waals surface area contributed by atoms with Gasteiger partial charge in [-0.3, -0.25) is 9.59 Å². The Morgan fingerprint density at radius 2 is 1.75 bits per heavy atom. The first-order valence-corrected chi connectivity index (χ1v) is 9.24. The Hall–Kier alpha value is -1.84. The van der Waals surface area contributed by atoms with Gasteiger partial charge in [0.15, 0.2) is 0 Å². The fourth-order valence-electron chi connectivity index (χ4n) is 3.47. The number of carbonyl (C=O) groups is 2. The van der Waals surface area contributed by atoms with Crippen molar-refractivity contribution in [2.24, 2.45) is 0 Å². The minimum absolute atomic E-state index is 0.0585. The monoisotopic (exact) mass is 330 g/mol. The zero-order valence-electron chi connectivity index (χ0n) is 14.8. The lowest BCUT2D eigenvalue weighted by atomic mass is 10.1. The number of benzene rings is 1. The van der Waals surface area contributed by atoms with E-state index in [9.17, 15) is 9.59 Å². The molecule has 24 heavy (non-hydrogen) atoms. The summed E-state index contributed by atoms with van der Waals surface area (Å²) in [6.07, 6.45) is 8.41. The Bertz CT molecular complexity index is 508. The summed E-state index contributed by atoms with van der Waals surface area (Å²) < 4.78 is 0. The van der Waals surface area contributed by atoms with E-state index in [1.807, 2.05) is 35.2 Å². The Morgan fingerprint density at radius 3 is 2.38 bits per heavy atom. The standard InChI is InChI=1S/C20H30N2O2/c1-17(23)22(19-11-7-2-3-8-12-19)16-15-21-20(24)14-13-18-9-5-4-6-10-18/h4-6,9-10,19H,2-3,7-8,11-16H2,1H3,(H,21,24). The first kappa shape index (κ1) is 18.5. The quantitative estimate of drug-likeness (QED) is 0.780. The van der Waals surface area contributed by atoms with E-state index in [0.29, 0.717) is 25.6 Å². The lowest BCUT2D eigenvalue weighted by molar-refractivity contribution is -0.132. The van der Waals surface area contributed by atoms with Crippen LogP contribution in [-0.2, 0) is 16.0 Å². The maximum atomic E-state index is 12.0. The molecule has 0 saturated heterocycles. The molecule has 132 valence electrons. The topological polar surface area (TPSA) is 49.4 Å². The lowest BCUT2D eigenvalue weighted by Crippen LogP contribution is -2.43. The average Bonchev–Trinajstić information content (AvgIpc) is 2.86. The summed E-state index contributed by atoms with van der Waals surface area (Å²) in [5.74, 6) is 0.184. The highest BCUT2D eigenvalue weighted by molar-refractivity contribution is 5.76. The number of amides is 2. The van der Waals surface area contributed by atoms with E-state index in [0.717, 1.165) is 19.3 Å². The van der Waals surface area contributed by atoms with Gasteiger partial charge in [0, 0.05) is 32.5 Å². The molecular weight excluding hydrogens is 300 g/mol. The van der Waals surface area contributed by atoms with Crippen LogP contribution in [0.2, 0.25) is 0 Å². The first-order chi connectivity index (χ1) is 11.7. The van der Waals surface area contributed by atoms with Gasteiger partial charge < -0.3 is 10.2 Å². The van der Waals surface area contributed by atoms with Gasteiger partial charge in [0.2, 0.25) is 11.8 Å². The molecule has 0 spiro atoms. The molecule has 4 heteroatoms. The summed E-state index contributed by atoms with van der Waals surface area (Å²) in [6, 6.07) is 10.4. The third kappa shape index (κ3) is 6.34. The third-order valence-corrected chi connectivity index (χ3v) is 4.83. The molecule has 0 heterocycles. The van der Waals surface area contributed by atoms with Crippen LogP contribution in [-0.4, -0.2) is 35.8 Å². The first-order valence-electron chi connectivity index (χ1n) is 9.24. The second-order valence-electron chi connectivity index (χ2n) is 6.69. The molecular formula is C20H30N2O2. The maximum absolute atomic E-state index is 12.0. The molecule has 1 fully saturated rings. The molecule has 0 radical (unpaired) electrons. The summed E-state index contributed by atoms with van der Waals surface area (Å²) >= 11 is 0. The van der Waals surface area contributed by atoms with E-state index in [1.54, 1.807) is 6.92 Å². The van der Waals surface area contributed by atoms with Crippen LogP contribution in [0.15, 0.2) is 30.3 Å². The number of hydrogen-bond acceptors (Lipinski definition) is 2. The van der Waals surface area contributed by atoms with E-state index in [-0.39, 0.29) is 11.8 Å². The predicted octanol–water partition coefficient (Wildman–Crippen LogP) is 3.31. The molecule has 0 bridgehead atoms. The molecule has 2 rings (SSSR count). The minimum Gasteiger partial charge on any atom is -0.354 e. The predicted molar refractivity (Wildman–Crippen MR) is 96.6 cm³/mol. The highest BCUT2D eigenvalue weighted by Gasteiger charge is 2.21. The van der Waals surface area contributed by atoms with Gasteiger partial charge in [-0.1, -0.05) is 56.0 Å². The van der Waals surface area contributed by atoms with Crippen LogP contribution in [0, 0.1) is 0 Å². The summed E-state index contributed by atoms with van der Waals surface area (Å²) in [7, 11) is 0. The summed E-state index contributed by atoms with van der Waals surface area (Å²) in [4.78, 5) is 25.9. The Kier molecular flexibility index (Phi) is 7.80. The van der Waals surface area contributed by atoms with Crippen molar-refractivity contribution in [2.45, 2.75) is 64.3 Å². The normalized spacial score (nSPS) is 15.5. The van der Waals surface area contributed by atoms with Crippen molar-refractivity contribution in [3.63, 3.8) is 0 Å². The number of nitrogens with zero attached hydrogens (tertiary/aromatic N) is 1. The molecule has 0 unspecified atom stereocenters. The smallest absolute Gasteiger partial charge is 0.220 e. The lowest BCUT2D eigenvalue weighted by Gasteiger charge is -2.30. The van der Waals surface area contributed by atoms with Gasteiger partial charge in [-0.05, 0) is 24.8 Å². The molecule has 2 amide bonds. The second kappa shape index (κ2) is 10.1. The van der Waals surface area contributed by atoms with Crippen LogP contribution in [0.5, 0.6) is 0 Å². The van der Waals surface area contributed by atoms with E-state index in [4.69, 9.17) is 0 Å². The van der Waals surface area contributed by atoms with Crippen molar-refractivity contribution in [1.82, 2.24) is 10.2 Å². The number of aryl methyl sites for hydroxylation is 1. The molecule has 1 aliphatic carbocycles. The molecule has 0 aliphatic heterocycles. The van der Waals surface area contributed by atoms with E-state index < -0.39 is 0 Å². The van der Waals surface area contributed by atoms with Crippen molar-refractivity contribution in [3.8, 4) is 0 Å². The second-order valence-corrected chi connectivity index (χ2v) is 6.69. The van der Waals surface area contributed by atoms with Crippen LogP contribution in [0.1, 0.15) is 57.4 Å². The van der Waals surface area contributed by atoms with Crippen LogP contribution < -0.4 is 5.32 Å². The Labute approximate surface area is 145 Å². The summed E-state index contributed by atoms with van der Waals surface area (Å²) in [5.41, 5.74) is 1.18. The zero-order chi connectivity index (χ0) is 17.2. The van der Waals surface area contributed by atoms with Crippen LogP contribution >= 0.6 is 0 Å².